The highest BCUT2D eigenvalue weighted by Crippen LogP contribution is 2.28. The fraction of sp³-hybridized carbons (Fsp3) is 0.400. The second-order valence-corrected chi connectivity index (χ2v) is 5.28. The predicted octanol–water partition coefficient (Wildman–Crippen LogP) is 2.64. The lowest BCUT2D eigenvalue weighted by Gasteiger charge is -2.21. The molecule has 4 nitrogen and oxygen atoms in total. The van der Waals surface area contributed by atoms with Gasteiger partial charge in [0.1, 0.15) is 0 Å². The first-order valence-electron chi connectivity index (χ1n) is 6.61. The molecule has 2 aromatic rings. The van der Waals surface area contributed by atoms with E-state index in [1.165, 1.54) is 0 Å². The summed E-state index contributed by atoms with van der Waals surface area (Å²) in [4.78, 5) is 4.11. The van der Waals surface area contributed by atoms with Crippen LogP contribution >= 0.6 is 0 Å². The lowest BCUT2D eigenvalue weighted by atomic mass is 10.0. The Labute approximate surface area is 113 Å². The molecule has 0 aliphatic heterocycles. The smallest absolute Gasteiger partial charge is 0.0632 e. The van der Waals surface area contributed by atoms with Crippen LogP contribution in [0.1, 0.15) is 20.3 Å². The molecule has 1 heterocycles. The van der Waals surface area contributed by atoms with Crippen LogP contribution in [0.3, 0.4) is 0 Å². The SMILES string of the molecule is CC(C)CC(CO)Nc1ccc(N)c2cnccc12. The van der Waals surface area contributed by atoms with Crippen molar-refractivity contribution in [2.75, 3.05) is 17.7 Å². The average Bonchev–Trinajstić information content (AvgIpc) is 2.41. The molecule has 0 radical (unpaired) electrons. The van der Waals surface area contributed by atoms with E-state index in [9.17, 15) is 5.11 Å². The van der Waals surface area contributed by atoms with Gasteiger partial charge in [-0.3, -0.25) is 4.98 Å². The van der Waals surface area contributed by atoms with Gasteiger partial charge in [-0.1, -0.05) is 13.8 Å². The summed E-state index contributed by atoms with van der Waals surface area (Å²) in [6.45, 7) is 4.42. The number of pyridine rings is 1. The van der Waals surface area contributed by atoms with Crippen molar-refractivity contribution in [2.45, 2.75) is 26.3 Å². The summed E-state index contributed by atoms with van der Waals surface area (Å²) < 4.78 is 0. The van der Waals surface area contributed by atoms with E-state index in [0.29, 0.717) is 5.92 Å². The molecule has 4 heteroatoms. The standard InChI is InChI=1S/C15H21N3O/c1-10(2)7-11(9-19)18-15-4-3-14(16)13-8-17-6-5-12(13)15/h3-6,8,10-11,18-19H,7,9,16H2,1-2H3. The van der Waals surface area contributed by atoms with Crippen LogP contribution in [0.25, 0.3) is 10.8 Å². The molecule has 0 fully saturated rings. The number of fused-ring (bicyclic) bond motifs is 1. The lowest BCUT2D eigenvalue weighted by Crippen LogP contribution is -2.25. The minimum Gasteiger partial charge on any atom is -0.398 e. The summed E-state index contributed by atoms with van der Waals surface area (Å²) in [7, 11) is 0. The maximum Gasteiger partial charge on any atom is 0.0632 e. The Bertz CT molecular complexity index is 554. The molecule has 0 spiro atoms. The van der Waals surface area contributed by atoms with E-state index < -0.39 is 0 Å². The molecule has 0 aliphatic carbocycles. The Morgan fingerprint density at radius 3 is 2.74 bits per heavy atom. The Morgan fingerprint density at radius 1 is 1.26 bits per heavy atom. The molecule has 0 amide bonds. The molecule has 0 saturated heterocycles. The van der Waals surface area contributed by atoms with Gasteiger partial charge in [0, 0.05) is 40.6 Å². The molecule has 0 bridgehead atoms. The molecule has 1 atom stereocenters. The molecule has 1 unspecified atom stereocenters. The summed E-state index contributed by atoms with van der Waals surface area (Å²) in [6, 6.07) is 5.83. The van der Waals surface area contributed by atoms with Gasteiger partial charge in [0.15, 0.2) is 0 Å². The average molecular weight is 259 g/mol. The van der Waals surface area contributed by atoms with Crippen LogP contribution in [0, 0.1) is 5.92 Å². The zero-order valence-corrected chi connectivity index (χ0v) is 11.4. The van der Waals surface area contributed by atoms with Crippen LogP contribution in [-0.4, -0.2) is 22.7 Å². The van der Waals surface area contributed by atoms with E-state index in [2.05, 4.69) is 24.1 Å². The first kappa shape index (κ1) is 13.6. The highest BCUT2D eigenvalue weighted by molar-refractivity contribution is 6.00. The summed E-state index contributed by atoms with van der Waals surface area (Å²) >= 11 is 0. The third kappa shape index (κ3) is 3.15. The second-order valence-electron chi connectivity index (χ2n) is 5.28. The van der Waals surface area contributed by atoms with E-state index in [1.807, 2.05) is 18.2 Å². The first-order valence-corrected chi connectivity index (χ1v) is 6.61. The molecular weight excluding hydrogens is 238 g/mol. The van der Waals surface area contributed by atoms with Crippen LogP contribution in [0.15, 0.2) is 30.6 Å². The number of aliphatic hydroxyl groups is 1. The Hall–Kier alpha value is -1.81. The first-order chi connectivity index (χ1) is 9.11. The van der Waals surface area contributed by atoms with Crippen molar-refractivity contribution < 1.29 is 5.11 Å². The van der Waals surface area contributed by atoms with Crippen LogP contribution in [0.2, 0.25) is 0 Å². The summed E-state index contributed by atoms with van der Waals surface area (Å²) in [5.74, 6) is 0.534. The third-order valence-electron chi connectivity index (χ3n) is 3.19. The number of nitrogens with one attached hydrogen (secondary N) is 1. The van der Waals surface area contributed by atoms with E-state index in [0.717, 1.165) is 28.6 Å². The number of benzene rings is 1. The molecular formula is C15H21N3O. The third-order valence-corrected chi connectivity index (χ3v) is 3.19. The summed E-state index contributed by atoms with van der Waals surface area (Å²) in [5.41, 5.74) is 7.66. The second kappa shape index (κ2) is 5.89. The minimum atomic E-state index is 0.0555. The quantitative estimate of drug-likeness (QED) is 0.722. The van der Waals surface area contributed by atoms with Gasteiger partial charge in [-0.05, 0) is 30.5 Å². The Balaban J connectivity index is 2.32. The molecule has 102 valence electrons. The van der Waals surface area contributed by atoms with Gasteiger partial charge in [-0.2, -0.15) is 0 Å². The molecule has 2 rings (SSSR count). The minimum absolute atomic E-state index is 0.0555. The van der Waals surface area contributed by atoms with Gasteiger partial charge in [0.2, 0.25) is 0 Å². The van der Waals surface area contributed by atoms with Crippen LogP contribution in [0.5, 0.6) is 0 Å². The Morgan fingerprint density at radius 2 is 2.05 bits per heavy atom. The predicted molar refractivity (Wildman–Crippen MR) is 80.1 cm³/mol. The van der Waals surface area contributed by atoms with Crippen molar-refractivity contribution in [3.63, 3.8) is 0 Å². The maximum atomic E-state index is 9.46. The molecule has 0 aliphatic rings. The van der Waals surface area contributed by atoms with Crippen LogP contribution in [-0.2, 0) is 0 Å². The monoisotopic (exact) mass is 259 g/mol. The van der Waals surface area contributed by atoms with Crippen molar-refractivity contribution in [3.05, 3.63) is 30.6 Å². The van der Waals surface area contributed by atoms with Gasteiger partial charge in [-0.25, -0.2) is 0 Å². The largest absolute Gasteiger partial charge is 0.398 e. The van der Waals surface area contributed by atoms with E-state index >= 15 is 0 Å². The molecule has 1 aromatic heterocycles. The highest BCUT2D eigenvalue weighted by atomic mass is 16.3. The lowest BCUT2D eigenvalue weighted by molar-refractivity contribution is 0.259. The fourth-order valence-electron chi connectivity index (χ4n) is 2.31. The number of anilines is 2. The number of hydrogen-bond acceptors (Lipinski definition) is 4. The normalized spacial score (nSPS) is 12.8. The van der Waals surface area contributed by atoms with Gasteiger partial charge < -0.3 is 16.2 Å². The number of nitrogens with two attached hydrogens (primary N) is 1. The van der Waals surface area contributed by atoms with Gasteiger partial charge in [0.05, 0.1) is 6.61 Å². The Kier molecular flexibility index (Phi) is 4.22. The molecule has 1 aromatic carbocycles. The van der Waals surface area contributed by atoms with Gasteiger partial charge in [-0.15, -0.1) is 0 Å². The topological polar surface area (TPSA) is 71.2 Å². The number of aromatic nitrogens is 1. The van der Waals surface area contributed by atoms with Gasteiger partial charge in [0.25, 0.3) is 0 Å². The maximum absolute atomic E-state index is 9.46. The molecule has 4 N–H and O–H groups in total. The molecule has 19 heavy (non-hydrogen) atoms. The van der Waals surface area contributed by atoms with E-state index in [-0.39, 0.29) is 12.6 Å². The van der Waals surface area contributed by atoms with Crippen LogP contribution < -0.4 is 11.1 Å². The van der Waals surface area contributed by atoms with E-state index in [4.69, 9.17) is 5.73 Å². The summed E-state index contributed by atoms with van der Waals surface area (Å²) in [5, 5.41) is 14.8. The van der Waals surface area contributed by atoms with Crippen molar-refractivity contribution in [2.24, 2.45) is 5.92 Å². The zero-order chi connectivity index (χ0) is 13.8. The summed E-state index contributed by atoms with van der Waals surface area (Å²) in [6.07, 6.45) is 4.45. The van der Waals surface area contributed by atoms with Gasteiger partial charge >= 0.3 is 0 Å². The number of nitrogens with zero attached hydrogens (tertiary/aromatic N) is 1. The van der Waals surface area contributed by atoms with Crippen LogP contribution in [0.4, 0.5) is 11.4 Å². The number of nitrogen functional groups attached to an aromatic ring is 1. The number of rotatable bonds is 5. The van der Waals surface area contributed by atoms with E-state index in [1.54, 1.807) is 12.4 Å². The zero-order valence-electron chi connectivity index (χ0n) is 11.4. The fourth-order valence-corrected chi connectivity index (χ4v) is 2.31. The highest BCUT2D eigenvalue weighted by Gasteiger charge is 2.11. The number of hydrogen-bond donors (Lipinski definition) is 3. The number of aliphatic hydroxyl groups excluding tert-OH is 1. The van der Waals surface area contributed by atoms with Crippen molar-refractivity contribution in [1.82, 2.24) is 4.98 Å². The molecule has 0 saturated carbocycles. The van der Waals surface area contributed by atoms with Crippen molar-refractivity contribution >= 4 is 22.1 Å². The van der Waals surface area contributed by atoms with Crippen molar-refractivity contribution in [1.29, 1.82) is 0 Å². The van der Waals surface area contributed by atoms with Crippen molar-refractivity contribution in [3.8, 4) is 0 Å².